The van der Waals surface area contributed by atoms with Crippen LogP contribution in [0.4, 0.5) is 0 Å². The first-order chi connectivity index (χ1) is 10.5. The van der Waals surface area contributed by atoms with Crippen LogP contribution in [0, 0.1) is 23.7 Å². The molecule has 0 amide bonds. The van der Waals surface area contributed by atoms with Gasteiger partial charge in [0.2, 0.25) is 0 Å². The maximum atomic E-state index is 11.6. The molecule has 2 heterocycles. The van der Waals surface area contributed by atoms with Gasteiger partial charge in [0, 0.05) is 0 Å². The van der Waals surface area contributed by atoms with E-state index in [0.29, 0.717) is 19.3 Å². The summed E-state index contributed by atoms with van der Waals surface area (Å²) in [5.74, 6) is -4.17. The molecule has 4 atom stereocenters. The van der Waals surface area contributed by atoms with Gasteiger partial charge >= 0.3 is 23.9 Å². The molecule has 0 radical (unpaired) electrons. The van der Waals surface area contributed by atoms with Crippen LogP contribution in [0.2, 0.25) is 0 Å². The molecule has 0 bridgehead atoms. The number of carbonyl (C=O) groups is 4. The van der Waals surface area contributed by atoms with Crippen LogP contribution >= 0.6 is 0 Å². The third kappa shape index (κ3) is 3.00. The Hall–Kier alpha value is -2.24. The number of carbonyl (C=O) groups excluding carboxylic acids is 4. The van der Waals surface area contributed by atoms with Gasteiger partial charge in [-0.05, 0) is 19.3 Å². The van der Waals surface area contributed by atoms with Crippen LogP contribution in [-0.4, -0.2) is 23.9 Å². The van der Waals surface area contributed by atoms with E-state index in [4.69, 9.17) is 0 Å². The maximum Gasteiger partial charge on any atom is 0.321 e. The first-order valence-corrected chi connectivity index (χ1v) is 7.28. The van der Waals surface area contributed by atoms with Crippen molar-refractivity contribution in [2.24, 2.45) is 23.7 Å². The molecule has 2 saturated heterocycles. The van der Waals surface area contributed by atoms with Crippen molar-refractivity contribution in [1.82, 2.24) is 0 Å². The van der Waals surface area contributed by atoms with Gasteiger partial charge in [-0.2, -0.15) is 0 Å². The summed E-state index contributed by atoms with van der Waals surface area (Å²) in [5, 5.41) is 0. The summed E-state index contributed by atoms with van der Waals surface area (Å²) in [5.41, 5.74) is 0. The van der Waals surface area contributed by atoms with E-state index in [9.17, 15) is 19.2 Å². The molecule has 2 rings (SSSR count). The first kappa shape index (κ1) is 16.1. The number of allylic oxidation sites excluding steroid dienone is 2. The predicted molar refractivity (Wildman–Crippen MR) is 75.0 cm³/mol. The lowest BCUT2D eigenvalue weighted by atomic mass is 9.88. The summed E-state index contributed by atoms with van der Waals surface area (Å²) < 4.78 is 9.20. The van der Waals surface area contributed by atoms with Crippen molar-refractivity contribution in [3.05, 3.63) is 24.8 Å². The molecule has 2 aliphatic rings. The highest BCUT2D eigenvalue weighted by Gasteiger charge is 2.43. The van der Waals surface area contributed by atoms with Gasteiger partial charge in [-0.25, -0.2) is 0 Å². The third-order valence-corrected chi connectivity index (χ3v) is 4.14. The van der Waals surface area contributed by atoms with E-state index in [2.05, 4.69) is 16.1 Å². The lowest BCUT2D eigenvalue weighted by Crippen LogP contribution is -2.16. The molecule has 6 nitrogen and oxygen atoms in total. The zero-order chi connectivity index (χ0) is 16.3. The fourth-order valence-electron chi connectivity index (χ4n) is 2.83. The monoisotopic (exact) mass is 306 g/mol. The van der Waals surface area contributed by atoms with Crippen LogP contribution in [-0.2, 0) is 28.7 Å². The normalized spacial score (nSPS) is 31.7. The Morgan fingerprint density at radius 2 is 1.36 bits per heavy atom. The summed E-state index contributed by atoms with van der Waals surface area (Å²) in [6, 6.07) is 0. The van der Waals surface area contributed by atoms with Crippen molar-refractivity contribution in [3.8, 4) is 0 Å². The van der Waals surface area contributed by atoms with Gasteiger partial charge in [0.05, 0.1) is 23.7 Å². The van der Waals surface area contributed by atoms with Crippen molar-refractivity contribution in [1.29, 1.82) is 0 Å². The van der Waals surface area contributed by atoms with E-state index in [1.165, 1.54) is 6.08 Å². The molecule has 0 spiro atoms. The summed E-state index contributed by atoms with van der Waals surface area (Å²) in [4.78, 5) is 46.0. The molecular weight excluding hydrogens is 288 g/mol. The minimum Gasteiger partial charge on any atom is -0.393 e. The lowest BCUT2D eigenvalue weighted by Gasteiger charge is -2.09. The largest absolute Gasteiger partial charge is 0.393 e. The molecule has 0 saturated carbocycles. The highest BCUT2D eigenvalue weighted by molar-refractivity contribution is 5.97. The molecule has 4 unspecified atom stereocenters. The second-order valence-corrected chi connectivity index (χ2v) is 5.41. The van der Waals surface area contributed by atoms with E-state index >= 15 is 0 Å². The Labute approximate surface area is 128 Å². The van der Waals surface area contributed by atoms with E-state index in [1.807, 2.05) is 6.92 Å². The molecule has 6 heteroatoms. The second-order valence-electron chi connectivity index (χ2n) is 5.41. The van der Waals surface area contributed by atoms with Crippen molar-refractivity contribution < 1.29 is 28.7 Å². The summed E-state index contributed by atoms with van der Waals surface area (Å²) >= 11 is 0. The Morgan fingerprint density at radius 1 is 0.864 bits per heavy atom. The Morgan fingerprint density at radius 3 is 1.95 bits per heavy atom. The van der Waals surface area contributed by atoms with Crippen LogP contribution < -0.4 is 0 Å². The SMILES string of the molecule is C=CC1C(=O)OC(=O)C1CC=CCC1C(=O)OC(=O)C1CC. The molecule has 2 aliphatic heterocycles. The van der Waals surface area contributed by atoms with Crippen LogP contribution in [0.5, 0.6) is 0 Å². The minimum atomic E-state index is -0.626. The van der Waals surface area contributed by atoms with Gasteiger partial charge in [-0.1, -0.05) is 25.2 Å². The fourth-order valence-corrected chi connectivity index (χ4v) is 2.83. The molecular formula is C16H18O6. The summed E-state index contributed by atoms with van der Waals surface area (Å²) in [7, 11) is 0. The smallest absolute Gasteiger partial charge is 0.321 e. The molecule has 118 valence electrons. The number of esters is 4. The van der Waals surface area contributed by atoms with Crippen molar-refractivity contribution in [2.75, 3.05) is 0 Å². The Balaban J connectivity index is 1.92. The van der Waals surface area contributed by atoms with Crippen molar-refractivity contribution >= 4 is 23.9 Å². The van der Waals surface area contributed by atoms with Gasteiger partial charge in [0.25, 0.3) is 0 Å². The van der Waals surface area contributed by atoms with Crippen LogP contribution in [0.3, 0.4) is 0 Å². The van der Waals surface area contributed by atoms with E-state index < -0.39 is 47.5 Å². The van der Waals surface area contributed by atoms with Gasteiger partial charge in [0.15, 0.2) is 0 Å². The third-order valence-electron chi connectivity index (χ3n) is 4.14. The Kier molecular flexibility index (Phi) is 4.90. The average molecular weight is 306 g/mol. The quantitative estimate of drug-likeness (QED) is 0.420. The number of hydrogen-bond acceptors (Lipinski definition) is 6. The topological polar surface area (TPSA) is 86.7 Å². The summed E-state index contributed by atoms with van der Waals surface area (Å²) in [6.45, 7) is 5.36. The van der Waals surface area contributed by atoms with E-state index in [0.717, 1.165) is 0 Å². The zero-order valence-electron chi connectivity index (χ0n) is 12.3. The molecule has 0 aromatic heterocycles. The van der Waals surface area contributed by atoms with Crippen molar-refractivity contribution in [3.63, 3.8) is 0 Å². The average Bonchev–Trinajstić information content (AvgIpc) is 2.90. The standard InChI is InChI=1S/C16H18O6/c1-3-9-11(15(19)21-13(9)17)7-5-6-8-12-10(4-2)14(18)22-16(12)20/h3,5-6,9-12H,1,4,7-8H2,2H3. The van der Waals surface area contributed by atoms with Crippen molar-refractivity contribution in [2.45, 2.75) is 26.2 Å². The fraction of sp³-hybridized carbons (Fsp3) is 0.500. The van der Waals surface area contributed by atoms with Crippen LogP contribution in [0.1, 0.15) is 26.2 Å². The van der Waals surface area contributed by atoms with Crippen LogP contribution in [0.15, 0.2) is 24.8 Å². The van der Waals surface area contributed by atoms with Crippen LogP contribution in [0.25, 0.3) is 0 Å². The molecule has 0 aromatic rings. The van der Waals surface area contributed by atoms with Gasteiger partial charge in [-0.15, -0.1) is 6.58 Å². The number of rotatable bonds is 6. The number of hydrogen-bond donors (Lipinski definition) is 0. The Bertz CT molecular complexity index is 547. The molecule has 22 heavy (non-hydrogen) atoms. The first-order valence-electron chi connectivity index (χ1n) is 7.28. The van der Waals surface area contributed by atoms with E-state index in [-0.39, 0.29) is 0 Å². The zero-order valence-corrected chi connectivity index (χ0v) is 12.3. The predicted octanol–water partition coefficient (Wildman–Crippen LogP) is 1.55. The number of ether oxygens (including phenoxy) is 2. The highest BCUT2D eigenvalue weighted by atomic mass is 16.6. The maximum absolute atomic E-state index is 11.6. The van der Waals surface area contributed by atoms with Gasteiger partial charge in [0.1, 0.15) is 0 Å². The summed E-state index contributed by atoms with van der Waals surface area (Å²) in [6.07, 6.45) is 6.12. The molecule has 2 fully saturated rings. The van der Waals surface area contributed by atoms with E-state index in [1.54, 1.807) is 12.2 Å². The molecule has 0 aliphatic carbocycles. The molecule has 0 N–H and O–H groups in total. The van der Waals surface area contributed by atoms with Gasteiger partial charge < -0.3 is 9.47 Å². The lowest BCUT2D eigenvalue weighted by molar-refractivity contribution is -0.155. The molecule has 0 aromatic carbocycles. The minimum absolute atomic E-state index is 0.327. The number of cyclic esters (lactones) is 4. The second kappa shape index (κ2) is 6.68. The highest BCUT2D eigenvalue weighted by Crippen LogP contribution is 2.30. The van der Waals surface area contributed by atoms with Gasteiger partial charge in [-0.3, -0.25) is 19.2 Å².